The number of aryl methyl sites for hydroxylation is 2. The summed E-state index contributed by atoms with van der Waals surface area (Å²) in [5.74, 6) is 0. The molecule has 0 saturated carbocycles. The first kappa shape index (κ1) is 22.8. The number of para-hydroxylation sites is 1. The van der Waals surface area contributed by atoms with E-state index in [1.807, 2.05) is 5.01 Å². The SMILES string of the molecule is CCc1cccc(CC)c1NC(=O)N1CCCN1C(=S)NCCCN1CCOCC1. The highest BCUT2D eigenvalue weighted by Crippen LogP contribution is 2.24. The average Bonchev–Trinajstić information content (AvgIpc) is 3.27. The fourth-order valence-corrected chi connectivity index (χ4v) is 4.31. The number of ether oxygens (including phenoxy) is 1. The fraction of sp³-hybridized carbons (Fsp3) is 0.636. The van der Waals surface area contributed by atoms with E-state index in [-0.39, 0.29) is 6.03 Å². The van der Waals surface area contributed by atoms with Crippen molar-refractivity contribution in [2.75, 3.05) is 57.8 Å². The van der Waals surface area contributed by atoms with Crippen molar-refractivity contribution < 1.29 is 9.53 Å². The van der Waals surface area contributed by atoms with Crippen LogP contribution in [-0.4, -0.2) is 78.5 Å². The summed E-state index contributed by atoms with van der Waals surface area (Å²) < 4.78 is 5.39. The van der Waals surface area contributed by atoms with Crippen molar-refractivity contribution in [3.8, 4) is 0 Å². The lowest BCUT2D eigenvalue weighted by Crippen LogP contribution is -2.50. The van der Waals surface area contributed by atoms with Gasteiger partial charge in [0.05, 0.1) is 13.2 Å². The van der Waals surface area contributed by atoms with E-state index in [1.165, 1.54) is 0 Å². The number of rotatable bonds is 7. The number of morpholine rings is 1. The van der Waals surface area contributed by atoms with E-state index in [0.717, 1.165) is 88.4 Å². The first-order chi connectivity index (χ1) is 14.6. The van der Waals surface area contributed by atoms with Crippen LogP contribution in [0.15, 0.2) is 18.2 Å². The molecule has 0 spiro atoms. The molecular formula is C22H35N5O2S. The van der Waals surface area contributed by atoms with Gasteiger partial charge in [0.25, 0.3) is 0 Å². The molecule has 0 radical (unpaired) electrons. The van der Waals surface area contributed by atoms with Crippen molar-refractivity contribution in [2.45, 2.75) is 39.5 Å². The second-order valence-electron chi connectivity index (χ2n) is 7.73. The molecule has 0 aliphatic carbocycles. The van der Waals surface area contributed by atoms with Crippen LogP contribution in [0.2, 0.25) is 0 Å². The molecule has 2 aliphatic heterocycles. The molecule has 3 rings (SSSR count). The summed E-state index contributed by atoms with van der Waals surface area (Å²) in [6.45, 7) is 11.2. The number of benzene rings is 1. The molecule has 0 atom stereocenters. The number of hydrazine groups is 1. The molecule has 2 saturated heterocycles. The van der Waals surface area contributed by atoms with E-state index >= 15 is 0 Å². The van der Waals surface area contributed by atoms with E-state index < -0.39 is 0 Å². The molecule has 0 bridgehead atoms. The maximum atomic E-state index is 13.1. The average molecular weight is 434 g/mol. The Balaban J connectivity index is 1.52. The predicted octanol–water partition coefficient (Wildman–Crippen LogP) is 2.86. The van der Waals surface area contributed by atoms with E-state index in [1.54, 1.807) is 5.01 Å². The van der Waals surface area contributed by atoms with Gasteiger partial charge in [0.1, 0.15) is 0 Å². The van der Waals surface area contributed by atoms with Gasteiger partial charge in [-0.1, -0.05) is 32.0 Å². The fourth-order valence-electron chi connectivity index (χ4n) is 4.02. The number of carbonyl (C=O) groups is 1. The summed E-state index contributed by atoms with van der Waals surface area (Å²) in [4.78, 5) is 15.5. The minimum absolute atomic E-state index is 0.111. The van der Waals surface area contributed by atoms with Gasteiger partial charge >= 0.3 is 6.03 Å². The molecule has 2 fully saturated rings. The van der Waals surface area contributed by atoms with Gasteiger partial charge in [-0.2, -0.15) is 0 Å². The van der Waals surface area contributed by atoms with Gasteiger partial charge in [0.2, 0.25) is 0 Å². The van der Waals surface area contributed by atoms with Crippen LogP contribution in [0.1, 0.15) is 37.8 Å². The largest absolute Gasteiger partial charge is 0.379 e. The highest BCUT2D eigenvalue weighted by molar-refractivity contribution is 7.80. The number of hydrogen-bond donors (Lipinski definition) is 2. The van der Waals surface area contributed by atoms with Crippen molar-refractivity contribution in [1.82, 2.24) is 20.2 Å². The summed E-state index contributed by atoms with van der Waals surface area (Å²) >= 11 is 5.60. The second-order valence-corrected chi connectivity index (χ2v) is 8.11. The number of urea groups is 1. The summed E-state index contributed by atoms with van der Waals surface area (Å²) in [5.41, 5.74) is 3.28. The van der Waals surface area contributed by atoms with Crippen LogP contribution >= 0.6 is 12.2 Å². The lowest BCUT2D eigenvalue weighted by Gasteiger charge is -2.31. The molecule has 166 valence electrons. The number of amides is 2. The zero-order valence-corrected chi connectivity index (χ0v) is 19.1. The lowest BCUT2D eigenvalue weighted by molar-refractivity contribution is 0.0375. The highest BCUT2D eigenvalue weighted by Gasteiger charge is 2.29. The molecule has 8 heteroatoms. The standard InChI is InChI=1S/C22H35N5O2S/c1-3-18-8-5-9-19(4-2)20(18)24-21(28)26-12-7-13-27(26)22(30)23-10-6-11-25-14-16-29-17-15-25/h5,8-9H,3-4,6-7,10-17H2,1-2H3,(H,23,30)(H,24,28). The van der Waals surface area contributed by atoms with Gasteiger partial charge in [-0.25, -0.2) is 9.80 Å². The summed E-state index contributed by atoms with van der Waals surface area (Å²) in [5, 5.41) is 10.8. The van der Waals surface area contributed by atoms with Crippen molar-refractivity contribution >= 4 is 29.0 Å². The molecule has 1 aromatic carbocycles. The third kappa shape index (κ3) is 5.83. The number of anilines is 1. The molecule has 1 aromatic rings. The first-order valence-electron chi connectivity index (χ1n) is 11.2. The minimum atomic E-state index is -0.111. The third-order valence-electron chi connectivity index (χ3n) is 5.76. The Bertz CT molecular complexity index is 701. The normalized spacial score (nSPS) is 17.3. The van der Waals surface area contributed by atoms with Crippen LogP contribution in [0.3, 0.4) is 0 Å². The Morgan fingerprint density at radius 2 is 1.73 bits per heavy atom. The topological polar surface area (TPSA) is 60.1 Å². The molecule has 2 N–H and O–H groups in total. The molecule has 7 nitrogen and oxygen atoms in total. The van der Waals surface area contributed by atoms with Gasteiger partial charge in [-0.05, 0) is 55.6 Å². The number of thiocarbonyl (C=S) groups is 1. The highest BCUT2D eigenvalue weighted by atomic mass is 32.1. The van der Waals surface area contributed by atoms with Crippen LogP contribution in [0.25, 0.3) is 0 Å². The maximum absolute atomic E-state index is 13.1. The quantitative estimate of drug-likeness (QED) is 0.509. The molecular weight excluding hydrogens is 398 g/mol. The van der Waals surface area contributed by atoms with E-state index in [0.29, 0.717) is 11.7 Å². The molecule has 2 aliphatic rings. The third-order valence-corrected chi connectivity index (χ3v) is 6.12. The smallest absolute Gasteiger partial charge is 0.340 e. The van der Waals surface area contributed by atoms with Crippen molar-refractivity contribution in [3.63, 3.8) is 0 Å². The van der Waals surface area contributed by atoms with Crippen LogP contribution in [0, 0.1) is 0 Å². The number of nitrogens with one attached hydrogen (secondary N) is 2. The van der Waals surface area contributed by atoms with E-state index in [2.05, 4.69) is 47.6 Å². The van der Waals surface area contributed by atoms with E-state index in [4.69, 9.17) is 17.0 Å². The van der Waals surface area contributed by atoms with Crippen LogP contribution in [0.4, 0.5) is 10.5 Å². The van der Waals surface area contributed by atoms with Crippen LogP contribution < -0.4 is 10.6 Å². The Kier molecular flexibility index (Phi) is 8.72. The molecule has 0 unspecified atom stereocenters. The van der Waals surface area contributed by atoms with Gasteiger partial charge in [0.15, 0.2) is 5.11 Å². The van der Waals surface area contributed by atoms with Crippen molar-refractivity contribution in [2.24, 2.45) is 0 Å². The van der Waals surface area contributed by atoms with Gasteiger partial charge in [-0.15, -0.1) is 0 Å². The summed E-state index contributed by atoms with van der Waals surface area (Å²) in [6, 6.07) is 6.11. The van der Waals surface area contributed by atoms with Crippen molar-refractivity contribution in [3.05, 3.63) is 29.3 Å². The number of hydrogen-bond acceptors (Lipinski definition) is 4. The Morgan fingerprint density at radius 3 is 2.40 bits per heavy atom. The maximum Gasteiger partial charge on any atom is 0.340 e. The summed E-state index contributed by atoms with van der Waals surface area (Å²) in [7, 11) is 0. The Hall–Kier alpha value is -1.90. The Labute approximate surface area is 185 Å². The lowest BCUT2D eigenvalue weighted by atomic mass is 10.0. The second kappa shape index (κ2) is 11.5. The monoisotopic (exact) mass is 433 g/mol. The zero-order valence-electron chi connectivity index (χ0n) is 18.3. The molecule has 2 amide bonds. The number of carbonyl (C=O) groups excluding carboxylic acids is 1. The summed E-state index contributed by atoms with van der Waals surface area (Å²) in [6.07, 6.45) is 3.70. The molecule has 0 aromatic heterocycles. The van der Waals surface area contributed by atoms with Crippen LogP contribution in [-0.2, 0) is 17.6 Å². The Morgan fingerprint density at radius 1 is 1.07 bits per heavy atom. The first-order valence-corrected chi connectivity index (χ1v) is 11.6. The zero-order chi connectivity index (χ0) is 21.3. The van der Waals surface area contributed by atoms with E-state index in [9.17, 15) is 4.79 Å². The predicted molar refractivity (Wildman–Crippen MR) is 125 cm³/mol. The number of nitrogens with zero attached hydrogens (tertiary/aromatic N) is 3. The van der Waals surface area contributed by atoms with Crippen molar-refractivity contribution in [1.29, 1.82) is 0 Å². The molecule has 2 heterocycles. The molecule has 30 heavy (non-hydrogen) atoms. The van der Waals surface area contributed by atoms with Gasteiger partial charge in [0, 0.05) is 38.4 Å². The van der Waals surface area contributed by atoms with Gasteiger partial charge in [-0.3, -0.25) is 9.91 Å². The van der Waals surface area contributed by atoms with Gasteiger partial charge < -0.3 is 15.4 Å². The van der Waals surface area contributed by atoms with Crippen LogP contribution in [0.5, 0.6) is 0 Å². The minimum Gasteiger partial charge on any atom is -0.379 e.